The zero-order valence-corrected chi connectivity index (χ0v) is 10.9. The molecule has 0 aromatic carbocycles. The van der Waals surface area contributed by atoms with Gasteiger partial charge in [0.25, 0.3) is 5.91 Å². The van der Waals surface area contributed by atoms with E-state index in [-0.39, 0.29) is 5.91 Å². The number of aryl methyl sites for hydroxylation is 1. The van der Waals surface area contributed by atoms with Crippen molar-refractivity contribution in [1.29, 1.82) is 0 Å². The van der Waals surface area contributed by atoms with Crippen molar-refractivity contribution in [1.82, 2.24) is 14.7 Å². The molecule has 1 fully saturated rings. The van der Waals surface area contributed by atoms with E-state index in [1.807, 2.05) is 13.8 Å². The fraction of sp³-hybridized carbons (Fsp3) is 0.667. The van der Waals surface area contributed by atoms with E-state index in [1.54, 1.807) is 9.58 Å². The van der Waals surface area contributed by atoms with Gasteiger partial charge in [0.1, 0.15) is 5.69 Å². The van der Waals surface area contributed by atoms with Crippen LogP contribution >= 0.6 is 0 Å². The number of anilines is 1. The fourth-order valence-electron chi connectivity index (χ4n) is 2.45. The third-order valence-electron chi connectivity index (χ3n) is 3.34. The molecular formula is C12H20N4O2. The molecule has 6 heteroatoms. The third kappa shape index (κ3) is 2.08. The van der Waals surface area contributed by atoms with Crippen molar-refractivity contribution < 1.29 is 9.90 Å². The van der Waals surface area contributed by atoms with Crippen molar-refractivity contribution in [2.45, 2.75) is 38.8 Å². The summed E-state index contributed by atoms with van der Waals surface area (Å²) < 4.78 is 1.59. The Hall–Kier alpha value is -1.56. The first-order valence-corrected chi connectivity index (χ1v) is 6.33. The molecule has 2 rings (SSSR count). The number of aromatic nitrogens is 2. The van der Waals surface area contributed by atoms with Crippen LogP contribution in [0.3, 0.4) is 0 Å². The lowest BCUT2D eigenvalue weighted by molar-refractivity contribution is -0.0863. The predicted molar refractivity (Wildman–Crippen MR) is 68.1 cm³/mol. The quantitative estimate of drug-likeness (QED) is 0.816. The average Bonchev–Trinajstić information content (AvgIpc) is 2.66. The highest BCUT2D eigenvalue weighted by molar-refractivity contribution is 5.98. The monoisotopic (exact) mass is 252 g/mol. The summed E-state index contributed by atoms with van der Waals surface area (Å²) in [5.41, 5.74) is 5.88. The zero-order valence-electron chi connectivity index (χ0n) is 10.9. The molecule has 0 saturated carbocycles. The van der Waals surface area contributed by atoms with Crippen molar-refractivity contribution in [3.8, 4) is 0 Å². The summed E-state index contributed by atoms with van der Waals surface area (Å²) in [6.45, 7) is 5.30. The molecule has 1 saturated heterocycles. The lowest BCUT2D eigenvalue weighted by Crippen LogP contribution is -2.63. The van der Waals surface area contributed by atoms with Crippen LogP contribution in [-0.4, -0.2) is 44.4 Å². The van der Waals surface area contributed by atoms with E-state index in [4.69, 9.17) is 5.73 Å². The second kappa shape index (κ2) is 4.61. The molecule has 3 N–H and O–H groups in total. The molecule has 0 unspecified atom stereocenters. The molecule has 2 heterocycles. The highest BCUT2D eigenvalue weighted by atomic mass is 16.3. The molecule has 1 aromatic heterocycles. The Bertz CT molecular complexity index is 449. The number of hydrogen-bond donors (Lipinski definition) is 2. The Kier molecular flexibility index (Phi) is 3.30. The Balaban J connectivity index is 2.08. The molecule has 1 aromatic rings. The number of rotatable bonds is 4. The molecular weight excluding hydrogens is 232 g/mol. The number of aliphatic hydroxyl groups is 1. The van der Waals surface area contributed by atoms with Crippen molar-refractivity contribution in [3.63, 3.8) is 0 Å². The summed E-state index contributed by atoms with van der Waals surface area (Å²) in [6.07, 6.45) is 3.13. The minimum atomic E-state index is -0.712. The van der Waals surface area contributed by atoms with Crippen LogP contribution in [0.15, 0.2) is 6.20 Å². The van der Waals surface area contributed by atoms with Gasteiger partial charge in [-0.2, -0.15) is 5.10 Å². The molecule has 1 aliphatic rings. The highest BCUT2D eigenvalue weighted by Gasteiger charge is 2.43. The topological polar surface area (TPSA) is 84.4 Å². The number of carbonyl (C=O) groups is 1. The van der Waals surface area contributed by atoms with Gasteiger partial charge in [-0.05, 0) is 13.3 Å². The first-order valence-electron chi connectivity index (χ1n) is 6.33. The molecule has 1 amide bonds. The number of nitrogens with two attached hydrogens (primary N) is 1. The van der Waals surface area contributed by atoms with Gasteiger partial charge < -0.3 is 15.7 Å². The minimum absolute atomic E-state index is 0.146. The number of β-amino-alcohol motifs (C(OH)–C–C–N with tert-alkyl or cyclic N) is 1. The van der Waals surface area contributed by atoms with Gasteiger partial charge in [0, 0.05) is 6.54 Å². The van der Waals surface area contributed by atoms with E-state index < -0.39 is 5.60 Å². The number of nitrogens with zero attached hydrogens (tertiary/aromatic N) is 3. The Morgan fingerprint density at radius 2 is 2.22 bits per heavy atom. The summed E-state index contributed by atoms with van der Waals surface area (Å²) in [5, 5.41) is 14.1. The van der Waals surface area contributed by atoms with Crippen LogP contribution < -0.4 is 5.73 Å². The highest BCUT2D eigenvalue weighted by Crippen LogP contribution is 2.28. The number of nitrogen functional groups attached to an aromatic ring is 1. The predicted octanol–water partition coefficient (Wildman–Crippen LogP) is 0.472. The van der Waals surface area contributed by atoms with Crippen LogP contribution in [0.4, 0.5) is 5.69 Å². The SMILES string of the molecule is CCCC1(O)CN(C(=O)c2c(N)cnn2CC)C1. The Labute approximate surface area is 106 Å². The van der Waals surface area contributed by atoms with Gasteiger partial charge in [-0.25, -0.2) is 0 Å². The van der Waals surface area contributed by atoms with Gasteiger partial charge in [-0.3, -0.25) is 9.48 Å². The van der Waals surface area contributed by atoms with Gasteiger partial charge in [0.05, 0.1) is 30.6 Å². The summed E-state index contributed by atoms with van der Waals surface area (Å²) >= 11 is 0. The Morgan fingerprint density at radius 1 is 1.56 bits per heavy atom. The molecule has 6 nitrogen and oxygen atoms in total. The van der Waals surface area contributed by atoms with Gasteiger partial charge in [0.15, 0.2) is 0 Å². The van der Waals surface area contributed by atoms with Crippen molar-refractivity contribution in [3.05, 3.63) is 11.9 Å². The van der Waals surface area contributed by atoms with E-state index in [9.17, 15) is 9.90 Å². The number of amides is 1. The molecule has 18 heavy (non-hydrogen) atoms. The first-order chi connectivity index (χ1) is 8.50. The Morgan fingerprint density at radius 3 is 2.78 bits per heavy atom. The van der Waals surface area contributed by atoms with Crippen LogP contribution in [0.1, 0.15) is 37.2 Å². The lowest BCUT2D eigenvalue weighted by atomic mass is 9.89. The van der Waals surface area contributed by atoms with Crippen molar-refractivity contribution >= 4 is 11.6 Å². The van der Waals surface area contributed by atoms with E-state index in [0.717, 1.165) is 12.8 Å². The van der Waals surface area contributed by atoms with E-state index in [2.05, 4.69) is 5.10 Å². The second-order valence-electron chi connectivity index (χ2n) is 4.90. The maximum absolute atomic E-state index is 12.3. The van der Waals surface area contributed by atoms with Crippen LogP contribution in [-0.2, 0) is 6.54 Å². The maximum atomic E-state index is 12.3. The second-order valence-corrected chi connectivity index (χ2v) is 4.90. The molecule has 0 atom stereocenters. The maximum Gasteiger partial charge on any atom is 0.274 e. The van der Waals surface area contributed by atoms with Gasteiger partial charge in [0.2, 0.25) is 0 Å². The first kappa shape index (κ1) is 12.9. The number of carbonyl (C=O) groups excluding carboxylic acids is 1. The number of hydrogen-bond acceptors (Lipinski definition) is 4. The lowest BCUT2D eigenvalue weighted by Gasteiger charge is -2.46. The van der Waals surface area contributed by atoms with Gasteiger partial charge in [-0.1, -0.05) is 13.3 Å². The van der Waals surface area contributed by atoms with Crippen molar-refractivity contribution in [2.75, 3.05) is 18.8 Å². The van der Waals surface area contributed by atoms with E-state index in [0.29, 0.717) is 31.0 Å². The summed E-state index contributed by atoms with van der Waals surface area (Å²) in [5.74, 6) is -0.146. The molecule has 0 aliphatic carbocycles. The molecule has 0 radical (unpaired) electrons. The summed E-state index contributed by atoms with van der Waals surface area (Å²) in [4.78, 5) is 13.9. The summed E-state index contributed by atoms with van der Waals surface area (Å²) in [7, 11) is 0. The summed E-state index contributed by atoms with van der Waals surface area (Å²) in [6, 6.07) is 0. The van der Waals surface area contributed by atoms with Crippen LogP contribution in [0.5, 0.6) is 0 Å². The van der Waals surface area contributed by atoms with Crippen LogP contribution in [0.25, 0.3) is 0 Å². The largest absolute Gasteiger partial charge is 0.396 e. The van der Waals surface area contributed by atoms with Crippen LogP contribution in [0.2, 0.25) is 0 Å². The van der Waals surface area contributed by atoms with Crippen molar-refractivity contribution in [2.24, 2.45) is 0 Å². The molecule has 0 bridgehead atoms. The standard InChI is InChI=1S/C12H20N4O2/c1-3-5-12(18)7-15(8-12)11(17)10-9(13)6-14-16(10)4-2/h6,18H,3-5,7-8,13H2,1-2H3. The molecule has 100 valence electrons. The van der Waals surface area contributed by atoms with Gasteiger partial charge >= 0.3 is 0 Å². The minimum Gasteiger partial charge on any atom is -0.396 e. The normalized spacial score (nSPS) is 17.6. The smallest absolute Gasteiger partial charge is 0.274 e. The number of likely N-dealkylation sites (tertiary alicyclic amines) is 1. The van der Waals surface area contributed by atoms with Gasteiger partial charge in [-0.15, -0.1) is 0 Å². The third-order valence-corrected chi connectivity index (χ3v) is 3.34. The zero-order chi connectivity index (χ0) is 13.3. The molecule has 0 spiro atoms. The average molecular weight is 252 g/mol. The van der Waals surface area contributed by atoms with E-state index in [1.165, 1.54) is 6.20 Å². The van der Waals surface area contributed by atoms with E-state index >= 15 is 0 Å². The van der Waals surface area contributed by atoms with Crippen LogP contribution in [0, 0.1) is 0 Å². The molecule has 1 aliphatic heterocycles. The fourth-order valence-corrected chi connectivity index (χ4v) is 2.45.